The van der Waals surface area contributed by atoms with Gasteiger partial charge in [-0.15, -0.1) is 11.8 Å². The zero-order chi connectivity index (χ0) is 32.9. The fourth-order valence-electron chi connectivity index (χ4n) is 5.03. The molecule has 46 heavy (non-hydrogen) atoms. The predicted molar refractivity (Wildman–Crippen MR) is 185 cm³/mol. The molecule has 0 spiro atoms. The Bertz CT molecular complexity index is 1670. The quantitative estimate of drug-likeness (QED) is 0.145. The van der Waals surface area contributed by atoms with Crippen LogP contribution in [-0.2, 0) is 32.6 Å². The molecule has 4 aromatic rings. The highest BCUT2D eigenvalue weighted by atomic mass is 32.2. The van der Waals surface area contributed by atoms with Gasteiger partial charge in [0.05, 0.1) is 17.2 Å². The van der Waals surface area contributed by atoms with Crippen LogP contribution in [0.15, 0.2) is 119 Å². The normalized spacial score (nSPS) is 11.8. The number of hydrogen-bond donors (Lipinski definition) is 1. The molecule has 242 valence electrons. The minimum Gasteiger partial charge on any atom is -0.492 e. The number of thioether (sulfide) groups is 1. The van der Waals surface area contributed by atoms with Crippen molar-refractivity contribution >= 4 is 39.3 Å². The Balaban J connectivity index is 1.82. The minimum absolute atomic E-state index is 0.0422. The van der Waals surface area contributed by atoms with E-state index in [-0.39, 0.29) is 29.5 Å². The average molecular weight is 660 g/mol. The number of nitrogens with zero attached hydrogens (tertiary/aromatic N) is 2. The third-order valence-corrected chi connectivity index (χ3v) is 9.89. The lowest BCUT2D eigenvalue weighted by atomic mass is 10.0. The van der Waals surface area contributed by atoms with Crippen LogP contribution in [0.5, 0.6) is 5.75 Å². The maximum absolute atomic E-state index is 14.6. The molecule has 1 N–H and O–H groups in total. The zero-order valence-electron chi connectivity index (χ0n) is 26.5. The number of amides is 2. The molecule has 4 aromatic carbocycles. The van der Waals surface area contributed by atoms with E-state index in [9.17, 15) is 18.0 Å². The third-order valence-electron chi connectivity index (χ3n) is 7.38. The average Bonchev–Trinajstić information content (AvgIpc) is 3.09. The number of rotatable bonds is 16. The van der Waals surface area contributed by atoms with Gasteiger partial charge in [-0.1, -0.05) is 79.7 Å². The topological polar surface area (TPSA) is 96.0 Å². The number of benzene rings is 4. The Morgan fingerprint density at radius 1 is 0.826 bits per heavy atom. The summed E-state index contributed by atoms with van der Waals surface area (Å²) in [5, 5.41) is 2.96. The van der Waals surface area contributed by atoms with E-state index >= 15 is 0 Å². The van der Waals surface area contributed by atoms with Gasteiger partial charge in [-0.3, -0.25) is 13.9 Å². The van der Waals surface area contributed by atoms with Gasteiger partial charge in [0, 0.05) is 24.4 Å². The van der Waals surface area contributed by atoms with Gasteiger partial charge >= 0.3 is 0 Å². The van der Waals surface area contributed by atoms with E-state index in [2.05, 4.69) is 5.32 Å². The molecule has 0 bridgehead atoms. The Morgan fingerprint density at radius 2 is 1.43 bits per heavy atom. The van der Waals surface area contributed by atoms with Gasteiger partial charge in [0.15, 0.2) is 0 Å². The lowest BCUT2D eigenvalue weighted by Gasteiger charge is -2.34. The molecule has 8 nitrogen and oxygen atoms in total. The SMILES string of the molecule is CCCNC(=O)C(Cc1ccccc1)N(Cc1ccccc1)C(=O)CN(c1ccccc1OCC)S(=O)(=O)c1ccc(SC)cc1. The molecular weight excluding hydrogens is 619 g/mol. The summed E-state index contributed by atoms with van der Waals surface area (Å²) < 4.78 is 35.6. The van der Waals surface area contributed by atoms with E-state index in [1.54, 1.807) is 48.5 Å². The van der Waals surface area contributed by atoms with Crippen molar-refractivity contribution in [1.82, 2.24) is 10.2 Å². The largest absolute Gasteiger partial charge is 0.492 e. The Labute approximate surface area is 276 Å². The first-order valence-corrected chi connectivity index (χ1v) is 18.0. The highest BCUT2D eigenvalue weighted by Crippen LogP contribution is 2.33. The smallest absolute Gasteiger partial charge is 0.264 e. The summed E-state index contributed by atoms with van der Waals surface area (Å²) in [6, 6.07) is 31.3. The molecule has 2 amide bonds. The Hall–Kier alpha value is -4.28. The molecule has 0 saturated heterocycles. The van der Waals surface area contributed by atoms with Crippen LogP contribution in [-0.4, -0.2) is 57.1 Å². The Kier molecular flexibility index (Phi) is 12.7. The van der Waals surface area contributed by atoms with Crippen molar-refractivity contribution < 1.29 is 22.7 Å². The monoisotopic (exact) mass is 659 g/mol. The number of sulfonamides is 1. The zero-order valence-corrected chi connectivity index (χ0v) is 28.1. The van der Waals surface area contributed by atoms with Crippen LogP contribution in [0.4, 0.5) is 5.69 Å². The van der Waals surface area contributed by atoms with Gasteiger partial charge < -0.3 is 15.0 Å². The molecule has 0 radical (unpaired) electrons. The number of nitrogens with one attached hydrogen (secondary N) is 1. The standard InChI is InChI=1S/C36H41N3O5S2/c1-4-24-37-36(41)33(25-28-14-8-6-9-15-28)38(26-29-16-10-7-11-17-29)35(40)27-39(32-18-12-13-19-34(32)44-5-2)46(42,43)31-22-20-30(45-3)21-23-31/h6-23,33H,4-5,24-27H2,1-3H3,(H,37,41). The molecular formula is C36H41N3O5S2. The van der Waals surface area contributed by atoms with Crippen molar-refractivity contribution in [2.24, 2.45) is 0 Å². The molecule has 0 saturated carbocycles. The summed E-state index contributed by atoms with van der Waals surface area (Å²) in [7, 11) is -4.24. The molecule has 4 rings (SSSR count). The molecule has 0 heterocycles. The van der Waals surface area contributed by atoms with E-state index in [0.29, 0.717) is 18.9 Å². The van der Waals surface area contributed by atoms with Gasteiger partial charge in [0.2, 0.25) is 11.8 Å². The second-order valence-corrected chi connectivity index (χ2v) is 13.3. The Morgan fingerprint density at radius 3 is 2.04 bits per heavy atom. The highest BCUT2D eigenvalue weighted by Gasteiger charge is 2.35. The molecule has 10 heteroatoms. The first-order valence-electron chi connectivity index (χ1n) is 15.3. The van der Waals surface area contributed by atoms with Gasteiger partial charge in [0.1, 0.15) is 18.3 Å². The molecule has 0 aliphatic carbocycles. The van der Waals surface area contributed by atoms with Crippen LogP contribution in [0.25, 0.3) is 0 Å². The van der Waals surface area contributed by atoms with Crippen LogP contribution in [0.3, 0.4) is 0 Å². The van der Waals surface area contributed by atoms with E-state index in [0.717, 1.165) is 26.7 Å². The first-order chi connectivity index (χ1) is 22.3. The van der Waals surface area contributed by atoms with Crippen LogP contribution >= 0.6 is 11.8 Å². The van der Waals surface area contributed by atoms with Crippen LogP contribution in [0.1, 0.15) is 31.4 Å². The van der Waals surface area contributed by atoms with Crippen LogP contribution in [0, 0.1) is 0 Å². The number of ether oxygens (including phenoxy) is 1. The first kappa shape index (κ1) is 34.6. The number of hydrogen-bond acceptors (Lipinski definition) is 6. The molecule has 1 unspecified atom stereocenters. The third kappa shape index (κ3) is 8.92. The number of anilines is 1. The fourth-order valence-corrected chi connectivity index (χ4v) is 6.86. The molecule has 1 atom stereocenters. The van der Waals surface area contributed by atoms with E-state index in [4.69, 9.17) is 4.74 Å². The molecule has 0 aromatic heterocycles. The van der Waals surface area contributed by atoms with Gasteiger partial charge in [0.25, 0.3) is 10.0 Å². The maximum Gasteiger partial charge on any atom is 0.264 e. The molecule has 0 aliphatic rings. The fraction of sp³-hybridized carbons (Fsp3) is 0.278. The summed E-state index contributed by atoms with van der Waals surface area (Å²) in [5.74, 6) is -0.489. The number of carbonyl (C=O) groups is 2. The van der Waals surface area contributed by atoms with Crippen LogP contribution in [0.2, 0.25) is 0 Å². The van der Waals surface area contributed by atoms with Gasteiger partial charge in [-0.05, 0) is 67.1 Å². The van der Waals surface area contributed by atoms with Crippen molar-refractivity contribution in [2.75, 3.05) is 30.3 Å². The van der Waals surface area contributed by atoms with Gasteiger partial charge in [-0.2, -0.15) is 0 Å². The second-order valence-electron chi connectivity index (χ2n) is 10.6. The lowest BCUT2D eigenvalue weighted by Crippen LogP contribution is -2.53. The van der Waals surface area contributed by atoms with Crippen molar-refractivity contribution in [3.63, 3.8) is 0 Å². The van der Waals surface area contributed by atoms with Crippen molar-refractivity contribution in [1.29, 1.82) is 0 Å². The van der Waals surface area contributed by atoms with E-state index in [1.165, 1.54) is 16.7 Å². The molecule has 0 aliphatic heterocycles. The maximum atomic E-state index is 14.6. The second kappa shape index (κ2) is 16.9. The summed E-state index contributed by atoms with van der Waals surface area (Å²) in [5.41, 5.74) is 1.93. The van der Waals surface area contributed by atoms with E-state index < -0.39 is 28.5 Å². The van der Waals surface area contributed by atoms with E-state index in [1.807, 2.05) is 80.8 Å². The number of carbonyl (C=O) groups excluding carboxylic acids is 2. The van der Waals surface area contributed by atoms with Crippen LogP contribution < -0.4 is 14.4 Å². The van der Waals surface area contributed by atoms with Gasteiger partial charge in [-0.25, -0.2) is 8.42 Å². The predicted octanol–water partition coefficient (Wildman–Crippen LogP) is 6.17. The molecule has 0 fully saturated rings. The summed E-state index contributed by atoms with van der Waals surface area (Å²) in [4.78, 5) is 30.8. The van der Waals surface area contributed by atoms with Crippen molar-refractivity contribution in [3.8, 4) is 5.75 Å². The number of para-hydroxylation sites is 2. The summed E-state index contributed by atoms with van der Waals surface area (Å²) >= 11 is 1.50. The minimum atomic E-state index is -4.24. The summed E-state index contributed by atoms with van der Waals surface area (Å²) in [6.45, 7) is 4.09. The van der Waals surface area contributed by atoms with Crippen molar-refractivity contribution in [2.45, 2.75) is 49.1 Å². The summed E-state index contributed by atoms with van der Waals surface area (Å²) in [6.07, 6.45) is 2.90. The highest BCUT2D eigenvalue weighted by molar-refractivity contribution is 7.98. The van der Waals surface area contributed by atoms with Crippen molar-refractivity contribution in [3.05, 3.63) is 120 Å². The lowest BCUT2D eigenvalue weighted by molar-refractivity contribution is -0.140.